The van der Waals surface area contributed by atoms with Crippen LogP contribution in [0.1, 0.15) is 0 Å². The Morgan fingerprint density at radius 1 is 0.630 bits per heavy atom. The summed E-state index contributed by atoms with van der Waals surface area (Å²) in [5.41, 5.74) is 19.4. The van der Waals surface area contributed by atoms with E-state index in [1.807, 2.05) is 60.7 Å². The Morgan fingerprint density at radius 2 is 1.11 bits per heavy atom. The fourth-order valence-corrected chi connectivity index (χ4v) is 3.60. The molecule has 0 spiro atoms. The van der Waals surface area contributed by atoms with Gasteiger partial charge in [-0.25, -0.2) is 0 Å². The molecule has 2 aromatic carbocycles. The van der Waals surface area contributed by atoms with Crippen LogP contribution in [0.25, 0.3) is 44.3 Å². The standard InChI is InChI=1S/C22H17N5/c23-13-9-15-16-10-14(24)12-18(20-6-2-4-8-26-20)22(16)27-21(15)17(11-13)19-5-1-3-7-25-19/h1-12,27H,23-24H2. The average Bonchev–Trinajstić information content (AvgIpc) is 3.06. The first-order chi connectivity index (χ1) is 13.2. The summed E-state index contributed by atoms with van der Waals surface area (Å²) in [4.78, 5) is 12.6. The average molecular weight is 351 g/mol. The summed E-state index contributed by atoms with van der Waals surface area (Å²) < 4.78 is 0. The fourth-order valence-electron chi connectivity index (χ4n) is 3.60. The minimum atomic E-state index is 0.686. The van der Waals surface area contributed by atoms with E-state index in [9.17, 15) is 0 Å². The van der Waals surface area contributed by atoms with Gasteiger partial charge in [0, 0.05) is 45.7 Å². The van der Waals surface area contributed by atoms with Crippen LogP contribution in [0.5, 0.6) is 0 Å². The van der Waals surface area contributed by atoms with E-state index in [2.05, 4.69) is 15.0 Å². The highest BCUT2D eigenvalue weighted by atomic mass is 14.8. The van der Waals surface area contributed by atoms with Gasteiger partial charge in [0.15, 0.2) is 0 Å². The van der Waals surface area contributed by atoms with Gasteiger partial charge < -0.3 is 16.5 Å². The molecule has 0 radical (unpaired) electrons. The largest absolute Gasteiger partial charge is 0.399 e. The quantitative estimate of drug-likeness (QED) is 0.405. The fraction of sp³-hybridized carbons (Fsp3) is 0. The summed E-state index contributed by atoms with van der Waals surface area (Å²) in [7, 11) is 0. The number of nitrogens with zero attached hydrogens (tertiary/aromatic N) is 2. The van der Waals surface area contributed by atoms with E-state index < -0.39 is 0 Å². The number of aromatic amines is 1. The minimum absolute atomic E-state index is 0.686. The van der Waals surface area contributed by atoms with E-state index >= 15 is 0 Å². The van der Waals surface area contributed by atoms with Gasteiger partial charge in [0.05, 0.1) is 22.4 Å². The first-order valence-corrected chi connectivity index (χ1v) is 8.68. The molecule has 0 saturated heterocycles. The zero-order valence-corrected chi connectivity index (χ0v) is 14.5. The number of rotatable bonds is 2. The summed E-state index contributed by atoms with van der Waals surface area (Å²) in [6.45, 7) is 0. The van der Waals surface area contributed by atoms with Gasteiger partial charge in [-0.2, -0.15) is 0 Å². The highest BCUT2D eigenvalue weighted by Crippen LogP contribution is 2.39. The molecular weight excluding hydrogens is 334 g/mol. The molecule has 0 amide bonds. The van der Waals surface area contributed by atoms with Crippen molar-refractivity contribution in [3.63, 3.8) is 0 Å². The van der Waals surface area contributed by atoms with Crippen molar-refractivity contribution in [2.75, 3.05) is 11.5 Å². The molecule has 5 heteroatoms. The Kier molecular flexibility index (Phi) is 3.33. The maximum atomic E-state index is 6.21. The number of nitrogens with one attached hydrogen (secondary N) is 1. The highest BCUT2D eigenvalue weighted by Gasteiger charge is 2.16. The molecule has 5 N–H and O–H groups in total. The molecule has 5 aromatic rings. The molecule has 0 aliphatic heterocycles. The number of nitrogens with two attached hydrogens (primary N) is 2. The first-order valence-electron chi connectivity index (χ1n) is 8.68. The van der Waals surface area contributed by atoms with Crippen molar-refractivity contribution in [3.05, 3.63) is 73.1 Å². The van der Waals surface area contributed by atoms with Crippen molar-refractivity contribution in [1.82, 2.24) is 15.0 Å². The Labute approximate surface area is 155 Å². The smallest absolute Gasteiger partial charge is 0.0723 e. The van der Waals surface area contributed by atoms with Crippen LogP contribution in [0.2, 0.25) is 0 Å². The van der Waals surface area contributed by atoms with Crippen molar-refractivity contribution < 1.29 is 0 Å². The third-order valence-electron chi connectivity index (χ3n) is 4.74. The third kappa shape index (κ3) is 2.48. The molecule has 5 nitrogen and oxygen atoms in total. The predicted octanol–water partition coefficient (Wildman–Crippen LogP) is 4.61. The number of pyridine rings is 2. The van der Waals surface area contributed by atoms with Gasteiger partial charge in [-0.05, 0) is 48.5 Å². The van der Waals surface area contributed by atoms with Crippen LogP contribution < -0.4 is 11.5 Å². The number of aromatic nitrogens is 3. The molecule has 0 aliphatic rings. The molecule has 0 saturated carbocycles. The molecule has 0 fully saturated rings. The van der Waals surface area contributed by atoms with Gasteiger partial charge in [-0.15, -0.1) is 0 Å². The monoisotopic (exact) mass is 351 g/mol. The lowest BCUT2D eigenvalue weighted by Gasteiger charge is -2.05. The highest BCUT2D eigenvalue weighted by molar-refractivity contribution is 6.16. The number of anilines is 2. The summed E-state index contributed by atoms with van der Waals surface area (Å²) in [5.74, 6) is 0. The van der Waals surface area contributed by atoms with Gasteiger partial charge in [-0.3, -0.25) is 9.97 Å². The second-order valence-corrected chi connectivity index (χ2v) is 6.54. The summed E-state index contributed by atoms with van der Waals surface area (Å²) >= 11 is 0. The summed E-state index contributed by atoms with van der Waals surface area (Å²) in [6.07, 6.45) is 3.56. The number of hydrogen-bond acceptors (Lipinski definition) is 4. The van der Waals surface area contributed by atoms with Crippen LogP contribution in [0.3, 0.4) is 0 Å². The first kappa shape index (κ1) is 15.4. The van der Waals surface area contributed by atoms with Gasteiger partial charge >= 0.3 is 0 Å². The van der Waals surface area contributed by atoms with Crippen LogP contribution in [0, 0.1) is 0 Å². The Hall–Kier alpha value is -3.86. The van der Waals surface area contributed by atoms with E-state index in [1.165, 1.54) is 0 Å². The van der Waals surface area contributed by atoms with E-state index in [4.69, 9.17) is 11.5 Å². The second-order valence-electron chi connectivity index (χ2n) is 6.54. The zero-order valence-electron chi connectivity index (χ0n) is 14.5. The maximum Gasteiger partial charge on any atom is 0.0723 e. The third-order valence-corrected chi connectivity index (χ3v) is 4.74. The van der Waals surface area contributed by atoms with E-state index in [1.54, 1.807) is 12.4 Å². The molecule has 27 heavy (non-hydrogen) atoms. The van der Waals surface area contributed by atoms with Crippen LogP contribution in [0.15, 0.2) is 73.1 Å². The van der Waals surface area contributed by atoms with Crippen molar-refractivity contribution in [1.29, 1.82) is 0 Å². The number of nitrogen functional groups attached to an aromatic ring is 2. The SMILES string of the molecule is Nc1cc(-c2ccccn2)c2[nH]c3c(-c4ccccn4)cc(N)cc3c2c1. The lowest BCUT2D eigenvalue weighted by atomic mass is 10.0. The molecule has 3 heterocycles. The molecule has 0 unspecified atom stereocenters. The maximum absolute atomic E-state index is 6.21. The summed E-state index contributed by atoms with van der Waals surface area (Å²) in [5, 5.41) is 2.05. The van der Waals surface area contributed by atoms with Gasteiger partial charge in [-0.1, -0.05) is 12.1 Å². The number of fused-ring (bicyclic) bond motifs is 3. The Balaban J connectivity index is 1.91. The van der Waals surface area contributed by atoms with Crippen molar-refractivity contribution >= 4 is 33.2 Å². The molecule has 3 aromatic heterocycles. The lowest BCUT2D eigenvalue weighted by Crippen LogP contribution is -1.89. The topological polar surface area (TPSA) is 93.6 Å². The number of hydrogen-bond donors (Lipinski definition) is 3. The normalized spacial score (nSPS) is 11.3. The minimum Gasteiger partial charge on any atom is -0.399 e. The van der Waals surface area contributed by atoms with E-state index in [-0.39, 0.29) is 0 Å². The number of benzene rings is 2. The Morgan fingerprint density at radius 3 is 1.52 bits per heavy atom. The summed E-state index contributed by atoms with van der Waals surface area (Å²) in [6, 6.07) is 19.5. The van der Waals surface area contributed by atoms with E-state index in [0.29, 0.717) is 11.4 Å². The molecule has 5 rings (SSSR count). The van der Waals surface area contributed by atoms with Crippen molar-refractivity contribution in [3.8, 4) is 22.5 Å². The molecular formula is C22H17N5. The predicted molar refractivity (Wildman–Crippen MR) is 111 cm³/mol. The molecule has 0 atom stereocenters. The van der Waals surface area contributed by atoms with Crippen LogP contribution >= 0.6 is 0 Å². The molecule has 0 aliphatic carbocycles. The van der Waals surface area contributed by atoms with E-state index in [0.717, 1.165) is 44.3 Å². The lowest BCUT2D eigenvalue weighted by molar-refractivity contribution is 1.32. The van der Waals surface area contributed by atoms with Crippen molar-refractivity contribution in [2.24, 2.45) is 0 Å². The molecule has 0 bridgehead atoms. The van der Waals surface area contributed by atoms with Crippen molar-refractivity contribution in [2.45, 2.75) is 0 Å². The van der Waals surface area contributed by atoms with Gasteiger partial charge in [0.2, 0.25) is 0 Å². The second kappa shape index (κ2) is 5.85. The molecule has 130 valence electrons. The van der Waals surface area contributed by atoms with Gasteiger partial charge in [0.1, 0.15) is 0 Å². The number of H-pyrrole nitrogens is 1. The zero-order chi connectivity index (χ0) is 18.4. The van der Waals surface area contributed by atoms with Gasteiger partial charge in [0.25, 0.3) is 0 Å². The van der Waals surface area contributed by atoms with Crippen LogP contribution in [0.4, 0.5) is 11.4 Å². The van der Waals surface area contributed by atoms with Crippen LogP contribution in [-0.2, 0) is 0 Å². The van der Waals surface area contributed by atoms with Crippen LogP contribution in [-0.4, -0.2) is 15.0 Å². The Bertz CT molecular complexity index is 1170.